The van der Waals surface area contributed by atoms with Crippen LogP contribution in [0, 0.1) is 23.7 Å². The average Bonchev–Trinajstić information content (AvgIpc) is 2.51. The Morgan fingerprint density at radius 3 is 2.52 bits per heavy atom. The summed E-state index contributed by atoms with van der Waals surface area (Å²) in [7, 11) is 0. The summed E-state index contributed by atoms with van der Waals surface area (Å²) in [5.74, 6) is 1.76. The van der Waals surface area contributed by atoms with Crippen LogP contribution in [0.15, 0.2) is 0 Å². The molecule has 1 fully saturated rings. The highest BCUT2D eigenvalue weighted by Crippen LogP contribution is 2.38. The van der Waals surface area contributed by atoms with E-state index in [-0.39, 0.29) is 24.2 Å². The van der Waals surface area contributed by atoms with Gasteiger partial charge in [0.05, 0.1) is 13.2 Å². The summed E-state index contributed by atoms with van der Waals surface area (Å²) in [5.41, 5.74) is 0. The van der Waals surface area contributed by atoms with Crippen molar-refractivity contribution in [2.75, 3.05) is 13.2 Å². The van der Waals surface area contributed by atoms with Gasteiger partial charge in [-0.3, -0.25) is 14.9 Å². The smallest absolute Gasteiger partial charge is 0.322 e. The zero-order valence-electron chi connectivity index (χ0n) is 15.6. The van der Waals surface area contributed by atoms with E-state index in [1.54, 1.807) is 6.92 Å². The molecular formula is C19H35NO3. The van der Waals surface area contributed by atoms with Crippen LogP contribution in [-0.4, -0.2) is 30.9 Å². The van der Waals surface area contributed by atoms with Gasteiger partial charge in [-0.05, 0) is 43.9 Å². The molecule has 0 aromatic carbocycles. The third kappa shape index (κ3) is 6.62. The Hall–Kier alpha value is -0.900. The molecule has 0 unspecified atom stereocenters. The van der Waals surface area contributed by atoms with Crippen LogP contribution >= 0.6 is 0 Å². The van der Waals surface area contributed by atoms with Gasteiger partial charge in [0.1, 0.15) is 11.8 Å². The summed E-state index contributed by atoms with van der Waals surface area (Å²) in [6.45, 7) is 11.2. The lowest BCUT2D eigenvalue weighted by Gasteiger charge is -2.36. The zero-order chi connectivity index (χ0) is 17.4. The van der Waals surface area contributed by atoms with Crippen molar-refractivity contribution < 1.29 is 14.3 Å². The van der Waals surface area contributed by atoms with Crippen molar-refractivity contribution in [2.45, 2.75) is 72.8 Å². The monoisotopic (exact) mass is 325 g/mol. The Bertz CT molecular complexity index is 381. The molecule has 0 radical (unpaired) electrons. The van der Waals surface area contributed by atoms with Gasteiger partial charge >= 0.3 is 5.97 Å². The number of esters is 1. The number of rotatable bonds is 9. The maximum Gasteiger partial charge on any atom is 0.322 e. The molecule has 4 heteroatoms. The normalized spacial score (nSPS) is 26.1. The first-order valence-electron chi connectivity index (χ1n) is 9.29. The van der Waals surface area contributed by atoms with Crippen LogP contribution in [0.5, 0.6) is 0 Å². The fraction of sp³-hybridized carbons (Fsp3) is 0.895. The second kappa shape index (κ2) is 10.1. The lowest BCUT2D eigenvalue weighted by atomic mass is 9.68. The molecule has 1 aliphatic rings. The molecule has 1 rings (SSSR count). The number of hydrogen-bond donors (Lipinski definition) is 1. The van der Waals surface area contributed by atoms with Crippen LogP contribution in [-0.2, 0) is 14.3 Å². The Balaban J connectivity index is 2.45. The van der Waals surface area contributed by atoms with Crippen molar-refractivity contribution in [3.8, 4) is 0 Å². The zero-order valence-corrected chi connectivity index (χ0v) is 15.6. The Morgan fingerprint density at radius 2 is 1.91 bits per heavy atom. The minimum Gasteiger partial charge on any atom is -0.465 e. The van der Waals surface area contributed by atoms with E-state index in [4.69, 9.17) is 4.74 Å². The summed E-state index contributed by atoms with van der Waals surface area (Å²) in [6.07, 6.45) is 5.24. The van der Waals surface area contributed by atoms with E-state index in [1.807, 2.05) is 0 Å². The Morgan fingerprint density at radius 1 is 1.22 bits per heavy atom. The molecule has 0 bridgehead atoms. The van der Waals surface area contributed by atoms with E-state index in [2.05, 4.69) is 33.0 Å². The fourth-order valence-corrected chi connectivity index (χ4v) is 3.48. The van der Waals surface area contributed by atoms with Crippen LogP contribution in [0.1, 0.15) is 66.7 Å². The number of Topliss-reactive ketones (excluding diaryl/α,β-unsaturated/α-hetero) is 1. The molecule has 0 spiro atoms. The largest absolute Gasteiger partial charge is 0.465 e. The van der Waals surface area contributed by atoms with E-state index in [0.29, 0.717) is 24.4 Å². The van der Waals surface area contributed by atoms with Gasteiger partial charge in [0.15, 0.2) is 0 Å². The maximum atomic E-state index is 12.6. The summed E-state index contributed by atoms with van der Waals surface area (Å²) in [6, 6.07) is -0.422. The molecule has 4 nitrogen and oxygen atoms in total. The molecule has 1 N–H and O–H groups in total. The summed E-state index contributed by atoms with van der Waals surface area (Å²) < 4.78 is 5.19. The second-order valence-corrected chi connectivity index (χ2v) is 7.52. The highest BCUT2D eigenvalue weighted by atomic mass is 16.5. The third-order valence-corrected chi connectivity index (χ3v) is 5.11. The van der Waals surface area contributed by atoms with Gasteiger partial charge in [-0.1, -0.05) is 40.5 Å². The Labute approximate surface area is 141 Å². The first kappa shape index (κ1) is 20.1. The first-order chi connectivity index (χ1) is 10.9. The van der Waals surface area contributed by atoms with Crippen LogP contribution < -0.4 is 5.32 Å². The Kier molecular flexibility index (Phi) is 8.82. The van der Waals surface area contributed by atoms with E-state index >= 15 is 0 Å². The number of ketones is 1. The van der Waals surface area contributed by atoms with Gasteiger partial charge in [-0.15, -0.1) is 0 Å². The lowest BCUT2D eigenvalue weighted by molar-refractivity contribution is -0.145. The van der Waals surface area contributed by atoms with Gasteiger partial charge in [-0.2, -0.15) is 0 Å². The molecule has 0 aromatic heterocycles. The number of ether oxygens (including phenoxy) is 1. The van der Waals surface area contributed by atoms with Gasteiger partial charge in [-0.25, -0.2) is 0 Å². The highest BCUT2D eigenvalue weighted by molar-refractivity contribution is 5.84. The molecule has 0 aromatic rings. The molecule has 0 saturated heterocycles. The molecule has 1 aliphatic carbocycles. The molecule has 0 heterocycles. The van der Waals surface area contributed by atoms with Crippen LogP contribution in [0.25, 0.3) is 0 Å². The molecule has 1 saturated carbocycles. The summed E-state index contributed by atoms with van der Waals surface area (Å²) in [4.78, 5) is 24.5. The van der Waals surface area contributed by atoms with Gasteiger partial charge in [0.2, 0.25) is 0 Å². The average molecular weight is 325 g/mol. The van der Waals surface area contributed by atoms with E-state index in [0.717, 1.165) is 25.7 Å². The number of hydrogen-bond acceptors (Lipinski definition) is 4. The second-order valence-electron chi connectivity index (χ2n) is 7.52. The molecule has 134 valence electrons. The van der Waals surface area contributed by atoms with Gasteiger partial charge < -0.3 is 4.74 Å². The van der Waals surface area contributed by atoms with Crippen molar-refractivity contribution in [3.05, 3.63) is 0 Å². The molecular weight excluding hydrogens is 290 g/mol. The van der Waals surface area contributed by atoms with Crippen molar-refractivity contribution in [3.63, 3.8) is 0 Å². The lowest BCUT2D eigenvalue weighted by Crippen LogP contribution is -2.43. The highest BCUT2D eigenvalue weighted by Gasteiger charge is 2.35. The minimum absolute atomic E-state index is 0.134. The predicted octanol–water partition coefficient (Wildman–Crippen LogP) is 3.59. The van der Waals surface area contributed by atoms with Gasteiger partial charge in [0, 0.05) is 5.92 Å². The summed E-state index contributed by atoms with van der Waals surface area (Å²) in [5, 5.41) is 3.06. The topological polar surface area (TPSA) is 55.4 Å². The first-order valence-corrected chi connectivity index (χ1v) is 9.29. The standard InChI is InChI=1S/C19H35NO3/c1-6-7-10-23-19(22)15(5)20-12-18(21)17-11-14(4)8-9-16(17)13(2)3/h13-17,20H,6-12H2,1-5H3/t14-,15-,16+,17-/m1/s1. The predicted molar refractivity (Wildman–Crippen MR) is 93.2 cm³/mol. The molecule has 23 heavy (non-hydrogen) atoms. The number of unbranched alkanes of at least 4 members (excludes halogenated alkanes) is 1. The molecule has 0 aliphatic heterocycles. The van der Waals surface area contributed by atoms with Crippen LogP contribution in [0.4, 0.5) is 0 Å². The van der Waals surface area contributed by atoms with E-state index in [1.165, 1.54) is 6.42 Å². The van der Waals surface area contributed by atoms with Crippen molar-refractivity contribution in [1.82, 2.24) is 5.32 Å². The third-order valence-electron chi connectivity index (χ3n) is 5.11. The fourth-order valence-electron chi connectivity index (χ4n) is 3.48. The van der Waals surface area contributed by atoms with Crippen molar-refractivity contribution in [2.24, 2.45) is 23.7 Å². The number of carbonyl (C=O) groups excluding carboxylic acids is 2. The van der Waals surface area contributed by atoms with E-state index < -0.39 is 6.04 Å². The quantitative estimate of drug-likeness (QED) is 0.520. The van der Waals surface area contributed by atoms with Gasteiger partial charge in [0.25, 0.3) is 0 Å². The van der Waals surface area contributed by atoms with Crippen molar-refractivity contribution >= 4 is 11.8 Å². The number of nitrogens with one attached hydrogen (secondary N) is 1. The molecule has 4 atom stereocenters. The SMILES string of the molecule is CCCCOC(=O)[C@@H](C)NCC(=O)[C@@H]1C[C@H](C)CC[C@H]1C(C)C. The van der Waals surface area contributed by atoms with Crippen LogP contribution in [0.3, 0.4) is 0 Å². The van der Waals surface area contributed by atoms with E-state index in [9.17, 15) is 9.59 Å². The number of carbonyl (C=O) groups is 2. The van der Waals surface area contributed by atoms with Crippen molar-refractivity contribution in [1.29, 1.82) is 0 Å². The van der Waals surface area contributed by atoms with Crippen LogP contribution in [0.2, 0.25) is 0 Å². The molecule has 0 amide bonds. The minimum atomic E-state index is -0.422. The maximum absolute atomic E-state index is 12.6. The summed E-state index contributed by atoms with van der Waals surface area (Å²) >= 11 is 0.